The standard InChI is InChI=1S/C17H25NO3/c1-13-6-7-14(10-15(13)21-2)11-16(20)18-17(12-19)8-4-3-5-9-17/h6-7,10,19H,3-5,8-9,11-12H2,1-2H3,(H,18,20). The summed E-state index contributed by atoms with van der Waals surface area (Å²) in [7, 11) is 1.63. The normalized spacial score (nSPS) is 17.3. The number of hydrogen-bond acceptors (Lipinski definition) is 3. The van der Waals surface area contributed by atoms with Gasteiger partial charge in [0.2, 0.25) is 5.91 Å². The second-order valence-electron chi connectivity index (χ2n) is 6.03. The van der Waals surface area contributed by atoms with Crippen molar-refractivity contribution in [3.63, 3.8) is 0 Å². The Morgan fingerprint density at radius 3 is 2.67 bits per heavy atom. The van der Waals surface area contributed by atoms with Crippen LogP contribution in [0.3, 0.4) is 0 Å². The number of methoxy groups -OCH3 is 1. The van der Waals surface area contributed by atoms with Crippen LogP contribution in [0.2, 0.25) is 0 Å². The van der Waals surface area contributed by atoms with Crippen LogP contribution < -0.4 is 10.1 Å². The molecule has 0 saturated heterocycles. The fraction of sp³-hybridized carbons (Fsp3) is 0.588. The summed E-state index contributed by atoms with van der Waals surface area (Å²) in [5, 5.41) is 12.7. The first-order valence-electron chi connectivity index (χ1n) is 7.64. The van der Waals surface area contributed by atoms with Gasteiger partial charge in [0.25, 0.3) is 0 Å². The first kappa shape index (κ1) is 15.8. The van der Waals surface area contributed by atoms with Crippen LogP contribution in [-0.4, -0.2) is 30.3 Å². The van der Waals surface area contributed by atoms with Crippen molar-refractivity contribution in [2.24, 2.45) is 0 Å². The zero-order valence-electron chi connectivity index (χ0n) is 12.9. The van der Waals surface area contributed by atoms with E-state index in [1.807, 2.05) is 25.1 Å². The highest BCUT2D eigenvalue weighted by Crippen LogP contribution is 2.28. The Kier molecular flexibility index (Phi) is 5.23. The summed E-state index contributed by atoms with van der Waals surface area (Å²) in [6.07, 6.45) is 5.38. The van der Waals surface area contributed by atoms with Crippen LogP contribution >= 0.6 is 0 Å². The van der Waals surface area contributed by atoms with E-state index in [0.717, 1.165) is 42.6 Å². The van der Waals surface area contributed by atoms with E-state index in [1.54, 1.807) is 7.11 Å². The van der Waals surface area contributed by atoms with Crippen molar-refractivity contribution in [2.75, 3.05) is 13.7 Å². The first-order chi connectivity index (χ1) is 10.1. The van der Waals surface area contributed by atoms with Gasteiger partial charge in [-0.2, -0.15) is 0 Å². The van der Waals surface area contributed by atoms with Gasteiger partial charge in [-0.1, -0.05) is 31.4 Å². The van der Waals surface area contributed by atoms with Gasteiger partial charge in [-0.25, -0.2) is 0 Å². The lowest BCUT2D eigenvalue weighted by atomic mass is 9.82. The van der Waals surface area contributed by atoms with Crippen molar-refractivity contribution in [3.8, 4) is 5.75 Å². The van der Waals surface area contributed by atoms with Gasteiger partial charge >= 0.3 is 0 Å². The Morgan fingerprint density at radius 2 is 2.05 bits per heavy atom. The van der Waals surface area contributed by atoms with Gasteiger partial charge in [0.05, 0.1) is 25.7 Å². The number of nitrogens with one attached hydrogen (secondary N) is 1. The molecule has 0 aromatic heterocycles. The number of rotatable bonds is 5. The van der Waals surface area contributed by atoms with Crippen molar-refractivity contribution < 1.29 is 14.6 Å². The van der Waals surface area contributed by atoms with Gasteiger partial charge in [-0.05, 0) is 37.0 Å². The minimum absolute atomic E-state index is 0.0238. The average Bonchev–Trinajstić information content (AvgIpc) is 2.50. The summed E-state index contributed by atoms with van der Waals surface area (Å²) < 4.78 is 5.29. The van der Waals surface area contributed by atoms with E-state index < -0.39 is 5.54 Å². The molecule has 1 aliphatic carbocycles. The molecule has 0 heterocycles. The number of benzene rings is 1. The number of hydrogen-bond donors (Lipinski definition) is 2. The van der Waals surface area contributed by atoms with Crippen molar-refractivity contribution in [2.45, 2.75) is 51.0 Å². The predicted molar refractivity (Wildman–Crippen MR) is 82.5 cm³/mol. The lowest BCUT2D eigenvalue weighted by molar-refractivity contribution is -0.123. The SMILES string of the molecule is COc1cc(CC(=O)NC2(CO)CCCCC2)ccc1C. The van der Waals surface area contributed by atoms with Crippen LogP contribution in [0, 0.1) is 6.92 Å². The summed E-state index contributed by atoms with van der Waals surface area (Å²) in [6.45, 7) is 2.00. The molecule has 4 heteroatoms. The second kappa shape index (κ2) is 6.94. The first-order valence-corrected chi connectivity index (χ1v) is 7.64. The van der Waals surface area contributed by atoms with Crippen LogP contribution in [0.5, 0.6) is 5.75 Å². The van der Waals surface area contributed by atoms with Gasteiger partial charge in [-0.3, -0.25) is 4.79 Å². The number of aliphatic hydroxyl groups is 1. The van der Waals surface area contributed by atoms with Gasteiger partial charge in [0.15, 0.2) is 0 Å². The highest BCUT2D eigenvalue weighted by molar-refractivity contribution is 5.79. The Morgan fingerprint density at radius 1 is 1.33 bits per heavy atom. The van der Waals surface area contributed by atoms with Gasteiger partial charge in [0.1, 0.15) is 5.75 Å². The summed E-state index contributed by atoms with van der Waals surface area (Å²) in [5.41, 5.74) is 1.57. The molecule has 0 atom stereocenters. The lowest BCUT2D eigenvalue weighted by Crippen LogP contribution is -2.52. The summed E-state index contributed by atoms with van der Waals surface area (Å²) in [4.78, 5) is 12.3. The zero-order chi connectivity index (χ0) is 15.3. The Bertz CT molecular complexity index is 493. The van der Waals surface area contributed by atoms with E-state index in [1.165, 1.54) is 6.42 Å². The molecule has 0 radical (unpaired) electrons. The number of ether oxygens (including phenoxy) is 1. The molecule has 1 amide bonds. The molecule has 1 aromatic carbocycles. The molecule has 116 valence electrons. The van der Waals surface area contributed by atoms with Crippen molar-refractivity contribution in [1.29, 1.82) is 0 Å². The van der Waals surface area contributed by atoms with E-state index in [2.05, 4.69) is 5.32 Å². The summed E-state index contributed by atoms with van der Waals surface area (Å²) >= 11 is 0. The number of aryl methyl sites for hydroxylation is 1. The Balaban J connectivity index is 2.00. The van der Waals surface area contributed by atoms with E-state index in [-0.39, 0.29) is 12.5 Å². The van der Waals surface area contributed by atoms with Crippen LogP contribution in [0.15, 0.2) is 18.2 Å². The third-order valence-corrected chi connectivity index (χ3v) is 4.36. The predicted octanol–water partition coefficient (Wildman–Crippen LogP) is 2.36. The Labute approximate surface area is 126 Å². The fourth-order valence-corrected chi connectivity index (χ4v) is 3.05. The Hall–Kier alpha value is -1.55. The maximum Gasteiger partial charge on any atom is 0.224 e. The highest BCUT2D eigenvalue weighted by atomic mass is 16.5. The molecule has 1 aliphatic rings. The molecule has 0 aliphatic heterocycles. The maximum atomic E-state index is 12.3. The quantitative estimate of drug-likeness (QED) is 0.875. The summed E-state index contributed by atoms with van der Waals surface area (Å²) in [6, 6.07) is 5.81. The molecule has 4 nitrogen and oxygen atoms in total. The van der Waals surface area contributed by atoms with Gasteiger partial charge in [-0.15, -0.1) is 0 Å². The molecule has 21 heavy (non-hydrogen) atoms. The fourth-order valence-electron chi connectivity index (χ4n) is 3.05. The van der Waals surface area contributed by atoms with Crippen LogP contribution in [0.1, 0.15) is 43.2 Å². The zero-order valence-corrected chi connectivity index (χ0v) is 12.9. The van der Waals surface area contributed by atoms with Gasteiger partial charge < -0.3 is 15.2 Å². The maximum absolute atomic E-state index is 12.3. The number of aliphatic hydroxyl groups excluding tert-OH is 1. The number of carbonyl (C=O) groups excluding carboxylic acids is 1. The third kappa shape index (κ3) is 3.97. The van der Waals surface area contributed by atoms with E-state index >= 15 is 0 Å². The molecular formula is C17H25NO3. The average molecular weight is 291 g/mol. The molecule has 1 aromatic rings. The monoisotopic (exact) mass is 291 g/mol. The van der Waals surface area contributed by atoms with Crippen LogP contribution in [0.4, 0.5) is 0 Å². The minimum atomic E-state index is -0.413. The van der Waals surface area contributed by atoms with Gasteiger partial charge in [0, 0.05) is 0 Å². The topological polar surface area (TPSA) is 58.6 Å². The smallest absolute Gasteiger partial charge is 0.224 e. The molecule has 0 bridgehead atoms. The van der Waals surface area contributed by atoms with E-state index in [9.17, 15) is 9.90 Å². The lowest BCUT2D eigenvalue weighted by Gasteiger charge is -2.36. The molecule has 0 unspecified atom stereocenters. The molecular weight excluding hydrogens is 266 g/mol. The minimum Gasteiger partial charge on any atom is -0.496 e. The van der Waals surface area contributed by atoms with Crippen molar-refractivity contribution in [3.05, 3.63) is 29.3 Å². The van der Waals surface area contributed by atoms with Crippen molar-refractivity contribution in [1.82, 2.24) is 5.32 Å². The molecule has 2 N–H and O–H groups in total. The summed E-state index contributed by atoms with van der Waals surface area (Å²) in [5.74, 6) is 0.770. The molecule has 0 spiro atoms. The van der Waals surface area contributed by atoms with Crippen LogP contribution in [0.25, 0.3) is 0 Å². The third-order valence-electron chi connectivity index (χ3n) is 4.36. The highest BCUT2D eigenvalue weighted by Gasteiger charge is 2.32. The number of carbonyl (C=O) groups is 1. The van der Waals surface area contributed by atoms with E-state index in [4.69, 9.17) is 4.74 Å². The van der Waals surface area contributed by atoms with E-state index in [0.29, 0.717) is 6.42 Å². The van der Waals surface area contributed by atoms with Crippen LogP contribution in [-0.2, 0) is 11.2 Å². The van der Waals surface area contributed by atoms with Crippen molar-refractivity contribution >= 4 is 5.91 Å². The molecule has 1 fully saturated rings. The molecule has 1 saturated carbocycles. The second-order valence-corrected chi connectivity index (χ2v) is 6.03. The number of amides is 1. The molecule has 2 rings (SSSR count). The largest absolute Gasteiger partial charge is 0.496 e.